The van der Waals surface area contributed by atoms with E-state index >= 15 is 0 Å². The monoisotopic (exact) mass is 215 g/mol. The number of ether oxygens (including phenoxy) is 2. The summed E-state index contributed by atoms with van der Waals surface area (Å²) < 4.78 is 10.3. The molecule has 3 nitrogen and oxygen atoms in total. The van der Waals surface area contributed by atoms with E-state index in [1.807, 2.05) is 0 Å². The van der Waals surface area contributed by atoms with Gasteiger partial charge in [-0.1, -0.05) is 13.3 Å². The van der Waals surface area contributed by atoms with Gasteiger partial charge in [0.25, 0.3) is 0 Å². The van der Waals surface area contributed by atoms with Gasteiger partial charge in [-0.2, -0.15) is 0 Å². The molecular weight excluding hydrogens is 190 g/mol. The SMILES string of the molecule is CCC1CCC(NCC(OC)OC)CC1. The van der Waals surface area contributed by atoms with Crippen molar-refractivity contribution >= 4 is 0 Å². The molecule has 1 N–H and O–H groups in total. The molecule has 15 heavy (non-hydrogen) atoms. The Balaban J connectivity index is 2.12. The van der Waals surface area contributed by atoms with Crippen LogP contribution in [0.1, 0.15) is 39.0 Å². The Hall–Kier alpha value is -0.120. The second kappa shape index (κ2) is 7.20. The van der Waals surface area contributed by atoms with E-state index in [1.54, 1.807) is 14.2 Å². The first-order valence-corrected chi connectivity index (χ1v) is 6.09. The van der Waals surface area contributed by atoms with Crippen LogP contribution in [0.25, 0.3) is 0 Å². The molecule has 0 saturated heterocycles. The van der Waals surface area contributed by atoms with E-state index < -0.39 is 0 Å². The van der Waals surface area contributed by atoms with Gasteiger partial charge in [0.05, 0.1) is 0 Å². The van der Waals surface area contributed by atoms with Crippen LogP contribution in [0.2, 0.25) is 0 Å². The molecule has 3 heteroatoms. The van der Waals surface area contributed by atoms with Crippen LogP contribution < -0.4 is 5.32 Å². The third-order valence-corrected chi connectivity index (χ3v) is 3.52. The van der Waals surface area contributed by atoms with Crippen molar-refractivity contribution < 1.29 is 9.47 Å². The van der Waals surface area contributed by atoms with Gasteiger partial charge in [-0.05, 0) is 31.6 Å². The molecule has 0 spiro atoms. The van der Waals surface area contributed by atoms with Gasteiger partial charge >= 0.3 is 0 Å². The van der Waals surface area contributed by atoms with Gasteiger partial charge in [0.15, 0.2) is 6.29 Å². The maximum atomic E-state index is 5.15. The summed E-state index contributed by atoms with van der Waals surface area (Å²) >= 11 is 0. The highest BCUT2D eigenvalue weighted by Crippen LogP contribution is 2.26. The molecule has 1 saturated carbocycles. The summed E-state index contributed by atoms with van der Waals surface area (Å²) in [7, 11) is 3.37. The zero-order valence-corrected chi connectivity index (χ0v) is 10.3. The van der Waals surface area contributed by atoms with E-state index in [4.69, 9.17) is 9.47 Å². The van der Waals surface area contributed by atoms with Gasteiger partial charge in [-0.25, -0.2) is 0 Å². The quantitative estimate of drug-likeness (QED) is 0.689. The second-order valence-electron chi connectivity index (χ2n) is 4.44. The Morgan fingerprint density at radius 3 is 2.20 bits per heavy atom. The first-order valence-electron chi connectivity index (χ1n) is 6.09. The minimum atomic E-state index is -0.103. The predicted octanol–water partition coefficient (Wildman–Crippen LogP) is 2.16. The average molecular weight is 215 g/mol. The lowest BCUT2D eigenvalue weighted by Crippen LogP contribution is -2.39. The molecule has 0 aromatic heterocycles. The van der Waals surface area contributed by atoms with Gasteiger partial charge in [-0.15, -0.1) is 0 Å². The molecule has 0 radical (unpaired) electrons. The third kappa shape index (κ3) is 4.49. The lowest BCUT2D eigenvalue weighted by Gasteiger charge is -2.29. The zero-order valence-electron chi connectivity index (χ0n) is 10.3. The van der Waals surface area contributed by atoms with Crippen LogP contribution >= 0.6 is 0 Å². The lowest BCUT2D eigenvalue weighted by molar-refractivity contribution is -0.100. The molecule has 0 unspecified atom stereocenters. The molecule has 0 aromatic carbocycles. The van der Waals surface area contributed by atoms with Crippen molar-refractivity contribution in [2.45, 2.75) is 51.4 Å². The summed E-state index contributed by atoms with van der Waals surface area (Å²) in [5, 5.41) is 3.52. The Labute approximate surface area is 93.5 Å². The number of hydrogen-bond acceptors (Lipinski definition) is 3. The summed E-state index contributed by atoms with van der Waals surface area (Å²) in [4.78, 5) is 0. The first-order chi connectivity index (χ1) is 7.30. The van der Waals surface area contributed by atoms with Gasteiger partial charge in [0, 0.05) is 26.8 Å². The molecule has 90 valence electrons. The average Bonchev–Trinajstić information content (AvgIpc) is 2.31. The summed E-state index contributed by atoms with van der Waals surface area (Å²) in [5.74, 6) is 0.962. The summed E-state index contributed by atoms with van der Waals surface area (Å²) in [6.07, 6.45) is 6.59. The minimum Gasteiger partial charge on any atom is -0.355 e. The van der Waals surface area contributed by atoms with E-state index in [-0.39, 0.29) is 6.29 Å². The smallest absolute Gasteiger partial charge is 0.169 e. The normalized spacial score (nSPS) is 27.2. The molecular formula is C12H25NO2. The summed E-state index contributed by atoms with van der Waals surface area (Å²) in [6.45, 7) is 3.10. The van der Waals surface area contributed by atoms with E-state index in [2.05, 4.69) is 12.2 Å². The zero-order chi connectivity index (χ0) is 11.1. The summed E-state index contributed by atoms with van der Waals surface area (Å²) in [5.41, 5.74) is 0. The minimum absolute atomic E-state index is 0.103. The fraction of sp³-hybridized carbons (Fsp3) is 1.00. The number of methoxy groups -OCH3 is 2. The maximum Gasteiger partial charge on any atom is 0.169 e. The molecule has 1 aliphatic carbocycles. The molecule has 1 rings (SSSR count). The largest absolute Gasteiger partial charge is 0.355 e. The van der Waals surface area contributed by atoms with Crippen molar-refractivity contribution in [1.82, 2.24) is 5.32 Å². The predicted molar refractivity (Wildman–Crippen MR) is 61.8 cm³/mol. The topological polar surface area (TPSA) is 30.5 Å². The molecule has 1 fully saturated rings. The van der Waals surface area contributed by atoms with Crippen LogP contribution in [0.5, 0.6) is 0 Å². The second-order valence-corrected chi connectivity index (χ2v) is 4.44. The van der Waals surface area contributed by atoms with Crippen LogP contribution in [0.3, 0.4) is 0 Å². The Bertz CT molecular complexity index is 152. The van der Waals surface area contributed by atoms with Crippen LogP contribution in [0.4, 0.5) is 0 Å². The summed E-state index contributed by atoms with van der Waals surface area (Å²) in [6, 6.07) is 0.667. The number of rotatable bonds is 6. The van der Waals surface area contributed by atoms with Crippen LogP contribution in [0.15, 0.2) is 0 Å². The fourth-order valence-electron chi connectivity index (χ4n) is 2.30. The van der Waals surface area contributed by atoms with E-state index in [1.165, 1.54) is 32.1 Å². The fourth-order valence-corrected chi connectivity index (χ4v) is 2.30. The Kier molecular flexibility index (Phi) is 6.22. The van der Waals surface area contributed by atoms with Gasteiger partial charge in [0.2, 0.25) is 0 Å². The third-order valence-electron chi connectivity index (χ3n) is 3.52. The Morgan fingerprint density at radius 1 is 1.13 bits per heavy atom. The highest BCUT2D eigenvalue weighted by atomic mass is 16.7. The van der Waals surface area contributed by atoms with Crippen LogP contribution in [0, 0.1) is 5.92 Å². The van der Waals surface area contributed by atoms with E-state index in [9.17, 15) is 0 Å². The maximum absolute atomic E-state index is 5.15. The molecule has 0 amide bonds. The van der Waals surface area contributed by atoms with Crippen LogP contribution in [-0.2, 0) is 9.47 Å². The molecule has 0 aromatic rings. The molecule has 0 bridgehead atoms. The van der Waals surface area contributed by atoms with E-state index in [0.717, 1.165) is 12.5 Å². The van der Waals surface area contributed by atoms with Crippen molar-refractivity contribution in [2.24, 2.45) is 5.92 Å². The standard InChI is InChI=1S/C12H25NO2/c1-4-10-5-7-11(8-6-10)13-9-12(14-2)15-3/h10-13H,4-9H2,1-3H3. The molecule has 1 aliphatic rings. The number of hydrogen-bond donors (Lipinski definition) is 1. The molecule has 0 heterocycles. The first kappa shape index (κ1) is 12.9. The van der Waals surface area contributed by atoms with Crippen molar-refractivity contribution in [3.63, 3.8) is 0 Å². The van der Waals surface area contributed by atoms with Crippen molar-refractivity contribution in [3.05, 3.63) is 0 Å². The number of nitrogens with one attached hydrogen (secondary N) is 1. The van der Waals surface area contributed by atoms with Gasteiger partial charge in [-0.3, -0.25) is 0 Å². The molecule has 0 aliphatic heterocycles. The van der Waals surface area contributed by atoms with Gasteiger partial charge in [0.1, 0.15) is 0 Å². The lowest BCUT2D eigenvalue weighted by atomic mass is 9.84. The van der Waals surface area contributed by atoms with Crippen molar-refractivity contribution in [3.8, 4) is 0 Å². The highest BCUT2D eigenvalue weighted by Gasteiger charge is 2.20. The van der Waals surface area contributed by atoms with Crippen molar-refractivity contribution in [2.75, 3.05) is 20.8 Å². The molecule has 0 atom stereocenters. The van der Waals surface area contributed by atoms with Crippen molar-refractivity contribution in [1.29, 1.82) is 0 Å². The van der Waals surface area contributed by atoms with Gasteiger partial charge < -0.3 is 14.8 Å². The van der Waals surface area contributed by atoms with Crippen LogP contribution in [-0.4, -0.2) is 33.1 Å². The Morgan fingerprint density at radius 2 is 1.73 bits per heavy atom. The highest BCUT2D eigenvalue weighted by molar-refractivity contribution is 4.76. The van der Waals surface area contributed by atoms with E-state index in [0.29, 0.717) is 6.04 Å².